The van der Waals surface area contributed by atoms with Crippen molar-refractivity contribution in [2.75, 3.05) is 23.8 Å². The summed E-state index contributed by atoms with van der Waals surface area (Å²) >= 11 is 0. The summed E-state index contributed by atoms with van der Waals surface area (Å²) in [6, 6.07) is 8.97. The molecule has 0 amide bonds. The molecule has 190 valence electrons. The van der Waals surface area contributed by atoms with Crippen LogP contribution in [0.5, 0.6) is 0 Å². The van der Waals surface area contributed by atoms with Crippen molar-refractivity contribution >= 4 is 47.8 Å². The molecule has 0 saturated heterocycles. The molecule has 10 nitrogen and oxygen atoms in total. The van der Waals surface area contributed by atoms with Crippen molar-refractivity contribution in [1.82, 2.24) is 20.2 Å². The lowest BCUT2D eigenvalue weighted by Crippen LogP contribution is -2.24. The van der Waals surface area contributed by atoms with Gasteiger partial charge in [0.2, 0.25) is 5.95 Å². The fourth-order valence-electron chi connectivity index (χ4n) is 3.82. The van der Waals surface area contributed by atoms with E-state index in [1.807, 2.05) is 24.3 Å². The topological polar surface area (TPSA) is 127 Å². The van der Waals surface area contributed by atoms with Gasteiger partial charge in [0, 0.05) is 37.7 Å². The van der Waals surface area contributed by atoms with Crippen LogP contribution in [0.25, 0.3) is 22.0 Å². The second kappa shape index (κ2) is 9.90. The summed E-state index contributed by atoms with van der Waals surface area (Å²) in [7, 11) is -1.30. The molecule has 1 unspecified atom stereocenters. The number of nitrogens with zero attached hydrogens (tertiary/aromatic N) is 3. The lowest BCUT2D eigenvalue weighted by atomic mass is 10.1. The number of ether oxygens (including phenoxy) is 2. The quantitative estimate of drug-likeness (QED) is 0.140. The Morgan fingerprint density at radius 3 is 2.83 bits per heavy atom. The molecule has 0 spiro atoms. The van der Waals surface area contributed by atoms with E-state index in [4.69, 9.17) is 18.9 Å². The maximum absolute atomic E-state index is 12.2. The van der Waals surface area contributed by atoms with Gasteiger partial charge in [0.15, 0.2) is 23.3 Å². The van der Waals surface area contributed by atoms with Gasteiger partial charge in [-0.05, 0) is 37.9 Å². The summed E-state index contributed by atoms with van der Waals surface area (Å²) in [5, 5.41) is 14.6. The lowest BCUT2D eigenvalue weighted by Gasteiger charge is -2.23. The van der Waals surface area contributed by atoms with E-state index in [1.54, 1.807) is 13.2 Å². The molecule has 0 aliphatic heterocycles. The van der Waals surface area contributed by atoms with Gasteiger partial charge in [0.25, 0.3) is 0 Å². The number of carbonyl (C=O) groups is 1. The highest BCUT2D eigenvalue weighted by atomic mass is 28.3. The van der Waals surface area contributed by atoms with E-state index in [-0.39, 0.29) is 5.69 Å². The zero-order valence-electron chi connectivity index (χ0n) is 21.1. The Bertz CT molecular complexity index is 1370. The molecule has 11 heteroatoms. The fourth-order valence-corrected chi connectivity index (χ4v) is 4.55. The Morgan fingerprint density at radius 2 is 2.08 bits per heavy atom. The zero-order chi connectivity index (χ0) is 25.3. The number of benzene rings is 1. The maximum atomic E-state index is 12.2. The van der Waals surface area contributed by atoms with Gasteiger partial charge in [-0.1, -0.05) is 25.7 Å². The molecule has 0 radical (unpaired) electrons. The highest BCUT2D eigenvalue weighted by Crippen LogP contribution is 2.31. The number of aromatic nitrogens is 4. The van der Waals surface area contributed by atoms with Gasteiger partial charge >= 0.3 is 5.97 Å². The van der Waals surface area contributed by atoms with Gasteiger partial charge in [0.1, 0.15) is 5.52 Å². The van der Waals surface area contributed by atoms with Crippen molar-refractivity contribution in [1.29, 1.82) is 0 Å². The van der Waals surface area contributed by atoms with Crippen molar-refractivity contribution in [3.8, 4) is 0 Å². The van der Waals surface area contributed by atoms with Crippen LogP contribution in [0.4, 0.5) is 11.8 Å². The summed E-state index contributed by atoms with van der Waals surface area (Å²) in [4.78, 5) is 21.6. The molecule has 1 aliphatic rings. The van der Waals surface area contributed by atoms with Gasteiger partial charge in [-0.3, -0.25) is 5.10 Å². The van der Waals surface area contributed by atoms with Gasteiger partial charge < -0.3 is 24.5 Å². The highest BCUT2D eigenvalue weighted by molar-refractivity contribution is 6.76. The molecular weight excluding hydrogens is 476 g/mol. The average molecular weight is 509 g/mol. The molecule has 5 rings (SSSR count). The summed E-state index contributed by atoms with van der Waals surface area (Å²) in [5.41, 5.74) is 3.23. The summed E-state index contributed by atoms with van der Waals surface area (Å²) in [6.07, 6.45) is 3.36. The minimum absolute atomic E-state index is 0.270. The summed E-state index contributed by atoms with van der Waals surface area (Å²) < 4.78 is 17.1. The van der Waals surface area contributed by atoms with Gasteiger partial charge in [-0.15, -0.1) is 0 Å². The van der Waals surface area contributed by atoms with E-state index < -0.39 is 20.3 Å². The molecule has 4 aromatic rings. The molecule has 3 N–H and O–H groups in total. The van der Waals surface area contributed by atoms with Crippen molar-refractivity contribution in [3.63, 3.8) is 0 Å². The number of hydrogen-bond donors (Lipinski definition) is 3. The molecule has 1 aliphatic carbocycles. The standard InChI is InChI=1S/C25H32N6O4Si/c1-5-33-24(32)20-17-9-6-15(14-19(17)30-31-20)23(35-12-13-36(2,3)4)29-25-27-18-10-11-34-21(18)22(28-25)26-16-7-8-16/h6,9-11,14,16,23H,5,7-8,12-13H2,1-4H3,(H,30,31)(H2,26,27,28,29). The Balaban J connectivity index is 1.45. The van der Waals surface area contributed by atoms with E-state index in [2.05, 4.69) is 45.5 Å². The van der Waals surface area contributed by atoms with Crippen LogP contribution in [0, 0.1) is 0 Å². The monoisotopic (exact) mass is 508 g/mol. The van der Waals surface area contributed by atoms with Gasteiger partial charge in [-0.25, -0.2) is 9.78 Å². The first-order valence-electron chi connectivity index (χ1n) is 12.4. The number of esters is 1. The molecule has 3 aromatic heterocycles. The zero-order valence-corrected chi connectivity index (χ0v) is 22.1. The van der Waals surface area contributed by atoms with Crippen LogP contribution < -0.4 is 10.6 Å². The average Bonchev–Trinajstić information content (AvgIpc) is 3.34. The minimum atomic E-state index is -1.30. The highest BCUT2D eigenvalue weighted by Gasteiger charge is 2.25. The second-order valence-corrected chi connectivity index (χ2v) is 15.9. The number of carbonyl (C=O) groups excluding carboxylic acids is 1. The van der Waals surface area contributed by atoms with Crippen molar-refractivity contribution < 1.29 is 18.7 Å². The Kier molecular flexibility index (Phi) is 6.67. The van der Waals surface area contributed by atoms with Crippen LogP contribution in [0.3, 0.4) is 0 Å². The normalized spacial score (nSPS) is 14.8. The molecule has 1 saturated carbocycles. The van der Waals surface area contributed by atoms with Gasteiger partial charge in [-0.2, -0.15) is 10.1 Å². The number of hydrogen-bond acceptors (Lipinski definition) is 9. The first-order chi connectivity index (χ1) is 17.3. The van der Waals surface area contributed by atoms with Crippen LogP contribution in [-0.2, 0) is 9.47 Å². The Morgan fingerprint density at radius 1 is 1.25 bits per heavy atom. The number of anilines is 2. The molecule has 1 aromatic carbocycles. The number of aromatic amines is 1. The smallest absolute Gasteiger partial charge is 0.359 e. The summed E-state index contributed by atoms with van der Waals surface area (Å²) in [5.74, 6) is 0.677. The molecular formula is C25H32N6O4Si. The first kappa shape index (κ1) is 24.3. The number of rotatable bonds is 11. The predicted octanol–water partition coefficient (Wildman–Crippen LogP) is 5.32. The summed E-state index contributed by atoms with van der Waals surface area (Å²) in [6.45, 7) is 9.62. The van der Waals surface area contributed by atoms with E-state index in [0.29, 0.717) is 42.0 Å². The fraction of sp³-hybridized carbons (Fsp3) is 0.440. The van der Waals surface area contributed by atoms with E-state index in [1.165, 1.54) is 0 Å². The van der Waals surface area contributed by atoms with E-state index in [0.717, 1.165) is 35.5 Å². The van der Waals surface area contributed by atoms with Crippen LogP contribution in [0.1, 0.15) is 42.0 Å². The number of H-pyrrole nitrogens is 1. The van der Waals surface area contributed by atoms with Crippen LogP contribution >= 0.6 is 0 Å². The molecule has 1 fully saturated rings. The first-order valence-corrected chi connectivity index (χ1v) is 16.1. The van der Waals surface area contributed by atoms with Crippen molar-refractivity contribution in [2.45, 2.75) is 57.7 Å². The second-order valence-electron chi connectivity index (χ2n) is 10.3. The van der Waals surface area contributed by atoms with Crippen LogP contribution in [0.2, 0.25) is 25.7 Å². The largest absolute Gasteiger partial charge is 0.461 e. The Hall–Kier alpha value is -3.44. The van der Waals surface area contributed by atoms with Crippen LogP contribution in [0.15, 0.2) is 34.9 Å². The number of nitrogens with one attached hydrogen (secondary N) is 3. The molecule has 3 heterocycles. The Labute approximate surface area is 210 Å². The third-order valence-electron chi connectivity index (χ3n) is 5.98. The molecule has 1 atom stereocenters. The maximum Gasteiger partial charge on any atom is 0.359 e. The predicted molar refractivity (Wildman–Crippen MR) is 141 cm³/mol. The SMILES string of the molecule is CCOC(=O)c1n[nH]c2cc(C(Nc3nc(NC4CC4)c4occc4n3)OCC[Si](C)(C)C)ccc12. The van der Waals surface area contributed by atoms with Crippen LogP contribution in [-0.4, -0.2) is 53.5 Å². The number of fused-ring (bicyclic) bond motifs is 2. The third kappa shape index (κ3) is 5.52. The van der Waals surface area contributed by atoms with Crippen molar-refractivity contribution in [3.05, 3.63) is 41.8 Å². The lowest BCUT2D eigenvalue weighted by molar-refractivity contribution is 0.0521. The number of furan rings is 1. The third-order valence-corrected chi connectivity index (χ3v) is 7.68. The van der Waals surface area contributed by atoms with E-state index >= 15 is 0 Å². The minimum Gasteiger partial charge on any atom is -0.461 e. The van der Waals surface area contributed by atoms with Gasteiger partial charge in [0.05, 0.1) is 18.4 Å². The van der Waals surface area contributed by atoms with Crippen molar-refractivity contribution in [2.24, 2.45) is 0 Å². The molecule has 36 heavy (non-hydrogen) atoms. The molecule has 0 bridgehead atoms. The van der Waals surface area contributed by atoms with E-state index in [9.17, 15) is 4.79 Å².